The van der Waals surface area contributed by atoms with E-state index in [9.17, 15) is 9.59 Å². The summed E-state index contributed by atoms with van der Waals surface area (Å²) in [5.74, 6) is -1.02. The fourth-order valence-electron chi connectivity index (χ4n) is 2.37. The van der Waals surface area contributed by atoms with Crippen molar-refractivity contribution in [2.45, 2.75) is 19.4 Å². The van der Waals surface area contributed by atoms with Crippen LogP contribution in [0.1, 0.15) is 22.5 Å². The summed E-state index contributed by atoms with van der Waals surface area (Å²) in [4.78, 5) is 29.3. The highest BCUT2D eigenvalue weighted by Gasteiger charge is 2.27. The SMILES string of the molecule is O=C(O)c1c2n(c3c(=O)[nH]cnc13)CCC2. The number of H-pyrrole nitrogens is 1. The molecule has 3 heterocycles. The van der Waals surface area contributed by atoms with Gasteiger partial charge in [-0.1, -0.05) is 0 Å². The molecule has 2 aromatic rings. The molecule has 0 bridgehead atoms. The van der Waals surface area contributed by atoms with Crippen LogP contribution in [0.2, 0.25) is 0 Å². The van der Waals surface area contributed by atoms with Crippen molar-refractivity contribution in [2.24, 2.45) is 0 Å². The second-order valence-corrected chi connectivity index (χ2v) is 3.81. The number of carbonyl (C=O) groups is 1. The predicted molar refractivity (Wildman–Crippen MR) is 55.6 cm³/mol. The van der Waals surface area contributed by atoms with E-state index in [4.69, 9.17) is 5.11 Å². The van der Waals surface area contributed by atoms with Crippen LogP contribution in [0.5, 0.6) is 0 Å². The van der Waals surface area contributed by atoms with Crippen LogP contribution >= 0.6 is 0 Å². The number of aromatic amines is 1. The molecule has 0 unspecified atom stereocenters. The number of rotatable bonds is 1. The summed E-state index contributed by atoms with van der Waals surface area (Å²) in [5, 5.41) is 9.16. The van der Waals surface area contributed by atoms with Crippen LogP contribution in [0.15, 0.2) is 11.1 Å². The fraction of sp³-hybridized carbons (Fsp3) is 0.300. The Bertz CT molecular complexity index is 653. The van der Waals surface area contributed by atoms with E-state index in [2.05, 4.69) is 9.97 Å². The third-order valence-electron chi connectivity index (χ3n) is 2.96. The number of nitrogens with zero attached hydrogens (tertiary/aromatic N) is 2. The van der Waals surface area contributed by atoms with E-state index < -0.39 is 5.97 Å². The Balaban J connectivity index is 2.55. The quantitative estimate of drug-likeness (QED) is 0.725. The van der Waals surface area contributed by atoms with Crippen LogP contribution in [0.4, 0.5) is 0 Å². The van der Waals surface area contributed by atoms with Gasteiger partial charge in [-0.25, -0.2) is 9.78 Å². The molecule has 16 heavy (non-hydrogen) atoms. The first-order valence-corrected chi connectivity index (χ1v) is 5.02. The van der Waals surface area contributed by atoms with Crippen molar-refractivity contribution in [1.82, 2.24) is 14.5 Å². The maximum absolute atomic E-state index is 11.7. The molecule has 0 aromatic carbocycles. The number of carboxylic acid groups (broad SMARTS) is 1. The summed E-state index contributed by atoms with van der Waals surface area (Å²) < 4.78 is 1.77. The summed E-state index contributed by atoms with van der Waals surface area (Å²) >= 11 is 0. The van der Waals surface area contributed by atoms with Gasteiger partial charge in [0.15, 0.2) is 0 Å². The Morgan fingerprint density at radius 2 is 2.38 bits per heavy atom. The Labute approximate surface area is 89.5 Å². The van der Waals surface area contributed by atoms with Crippen molar-refractivity contribution in [1.29, 1.82) is 0 Å². The lowest BCUT2D eigenvalue weighted by Gasteiger charge is -1.96. The number of hydrogen-bond donors (Lipinski definition) is 2. The topological polar surface area (TPSA) is 88.0 Å². The number of carboxylic acids is 1. The van der Waals surface area contributed by atoms with Crippen LogP contribution in [0, 0.1) is 0 Å². The molecule has 0 saturated heterocycles. The van der Waals surface area contributed by atoms with Crippen molar-refractivity contribution < 1.29 is 9.90 Å². The molecule has 0 spiro atoms. The Hall–Kier alpha value is -2.11. The van der Waals surface area contributed by atoms with Crippen LogP contribution in [0.25, 0.3) is 11.0 Å². The van der Waals surface area contributed by atoms with E-state index in [0.717, 1.165) is 6.42 Å². The summed E-state index contributed by atoms with van der Waals surface area (Å²) in [6.45, 7) is 0.688. The molecule has 6 nitrogen and oxygen atoms in total. The average Bonchev–Trinajstić information content (AvgIpc) is 2.75. The zero-order chi connectivity index (χ0) is 11.3. The van der Waals surface area contributed by atoms with Gasteiger partial charge in [-0.2, -0.15) is 0 Å². The second-order valence-electron chi connectivity index (χ2n) is 3.81. The molecule has 3 rings (SSSR count). The third kappa shape index (κ3) is 0.982. The Kier molecular flexibility index (Phi) is 1.68. The minimum Gasteiger partial charge on any atom is -0.478 e. The molecule has 0 radical (unpaired) electrons. The van der Waals surface area contributed by atoms with E-state index in [-0.39, 0.29) is 11.1 Å². The van der Waals surface area contributed by atoms with Crippen molar-refractivity contribution >= 4 is 17.0 Å². The number of hydrogen-bond acceptors (Lipinski definition) is 3. The second kappa shape index (κ2) is 2.94. The average molecular weight is 219 g/mol. The number of aromatic carboxylic acids is 1. The lowest BCUT2D eigenvalue weighted by Crippen LogP contribution is -2.10. The highest BCUT2D eigenvalue weighted by molar-refractivity contribution is 6.03. The number of fused-ring (bicyclic) bond motifs is 3. The lowest BCUT2D eigenvalue weighted by molar-refractivity contribution is 0.0697. The minimum absolute atomic E-state index is 0.179. The van der Waals surface area contributed by atoms with Crippen molar-refractivity contribution in [3.05, 3.63) is 27.9 Å². The van der Waals surface area contributed by atoms with Gasteiger partial charge in [0.1, 0.15) is 16.6 Å². The zero-order valence-corrected chi connectivity index (χ0v) is 8.36. The highest BCUT2D eigenvalue weighted by atomic mass is 16.4. The summed E-state index contributed by atoms with van der Waals surface area (Å²) in [5.41, 5.74) is 1.30. The lowest BCUT2D eigenvalue weighted by atomic mass is 10.1. The molecule has 2 aromatic heterocycles. The normalized spacial score (nSPS) is 14.2. The van der Waals surface area contributed by atoms with Gasteiger partial charge >= 0.3 is 5.97 Å². The molecule has 2 N–H and O–H groups in total. The molecule has 0 amide bonds. The Morgan fingerprint density at radius 3 is 3.12 bits per heavy atom. The van der Waals surface area contributed by atoms with Crippen LogP contribution in [-0.2, 0) is 13.0 Å². The fourth-order valence-corrected chi connectivity index (χ4v) is 2.37. The maximum Gasteiger partial charge on any atom is 0.339 e. The smallest absolute Gasteiger partial charge is 0.339 e. The summed E-state index contributed by atoms with van der Waals surface area (Å²) in [6, 6.07) is 0. The molecule has 0 aliphatic carbocycles. The molecule has 1 aliphatic rings. The van der Waals surface area contributed by atoms with Gasteiger partial charge in [-0.3, -0.25) is 4.79 Å². The zero-order valence-electron chi connectivity index (χ0n) is 8.36. The predicted octanol–water partition coefficient (Wildman–Crippen LogP) is 0.369. The standard InChI is InChI=1S/C10H9N3O3/c14-9-8-7(11-4-12-9)6(10(15)16)5-2-1-3-13(5)8/h4H,1-3H2,(H,15,16)(H,11,12,14). The van der Waals surface area contributed by atoms with Gasteiger partial charge < -0.3 is 14.7 Å². The largest absolute Gasteiger partial charge is 0.478 e. The molecule has 1 aliphatic heterocycles. The third-order valence-corrected chi connectivity index (χ3v) is 2.96. The molecule has 82 valence electrons. The van der Waals surface area contributed by atoms with Gasteiger partial charge in [-0.15, -0.1) is 0 Å². The molecule has 6 heteroatoms. The minimum atomic E-state index is -1.02. The van der Waals surface area contributed by atoms with Crippen molar-refractivity contribution in [2.75, 3.05) is 0 Å². The van der Waals surface area contributed by atoms with E-state index in [1.807, 2.05) is 0 Å². The molecule has 0 saturated carbocycles. The molecule has 0 atom stereocenters. The molecular weight excluding hydrogens is 210 g/mol. The molecular formula is C10H9N3O3. The first-order chi connectivity index (χ1) is 7.70. The van der Waals surface area contributed by atoms with E-state index in [1.165, 1.54) is 6.33 Å². The Morgan fingerprint density at radius 1 is 1.56 bits per heavy atom. The van der Waals surface area contributed by atoms with Crippen LogP contribution in [-0.4, -0.2) is 25.6 Å². The number of aryl methyl sites for hydroxylation is 1. The van der Waals surface area contributed by atoms with E-state index in [1.54, 1.807) is 4.57 Å². The van der Waals surface area contributed by atoms with Crippen molar-refractivity contribution in [3.8, 4) is 0 Å². The van der Waals surface area contributed by atoms with Gasteiger partial charge in [-0.05, 0) is 12.8 Å². The van der Waals surface area contributed by atoms with Crippen LogP contribution < -0.4 is 5.56 Å². The summed E-state index contributed by atoms with van der Waals surface area (Å²) in [6.07, 6.45) is 2.81. The monoisotopic (exact) mass is 219 g/mol. The van der Waals surface area contributed by atoms with Gasteiger partial charge in [0.05, 0.1) is 6.33 Å². The number of nitrogens with one attached hydrogen (secondary N) is 1. The number of aromatic nitrogens is 3. The van der Waals surface area contributed by atoms with Crippen LogP contribution in [0.3, 0.4) is 0 Å². The highest BCUT2D eigenvalue weighted by Crippen LogP contribution is 2.27. The van der Waals surface area contributed by atoms with Crippen molar-refractivity contribution in [3.63, 3.8) is 0 Å². The van der Waals surface area contributed by atoms with E-state index >= 15 is 0 Å². The first-order valence-electron chi connectivity index (χ1n) is 5.02. The van der Waals surface area contributed by atoms with Gasteiger partial charge in [0, 0.05) is 12.2 Å². The molecule has 0 fully saturated rings. The van der Waals surface area contributed by atoms with Gasteiger partial charge in [0.25, 0.3) is 5.56 Å². The van der Waals surface area contributed by atoms with Gasteiger partial charge in [0.2, 0.25) is 0 Å². The maximum atomic E-state index is 11.7. The summed E-state index contributed by atoms with van der Waals surface area (Å²) in [7, 11) is 0. The van der Waals surface area contributed by atoms with E-state index in [0.29, 0.717) is 29.7 Å². The first kappa shape index (κ1) is 9.14.